The Morgan fingerprint density at radius 2 is 1.83 bits per heavy atom. The minimum Gasteiger partial charge on any atom is -0.349 e. The van der Waals surface area contributed by atoms with Crippen molar-refractivity contribution in [1.29, 1.82) is 0 Å². The Morgan fingerprint density at radius 3 is 2.44 bits per heavy atom. The Bertz CT molecular complexity index is 398. The van der Waals surface area contributed by atoms with Crippen LogP contribution in [0.2, 0.25) is 0 Å². The van der Waals surface area contributed by atoms with Crippen molar-refractivity contribution in [3.05, 3.63) is 35.9 Å². The largest absolute Gasteiger partial charge is 0.349 e. The Hall–Kier alpha value is -1.02. The van der Waals surface area contributed by atoms with Crippen LogP contribution in [0.5, 0.6) is 0 Å². The second-order valence-corrected chi connectivity index (χ2v) is 5.82. The van der Waals surface area contributed by atoms with Crippen LogP contribution < -0.4 is 5.32 Å². The average Bonchev–Trinajstić information content (AvgIpc) is 2.39. The quantitative estimate of drug-likeness (QED) is 0.828. The highest BCUT2D eigenvalue weighted by Gasteiger charge is 2.30. The molecule has 1 fully saturated rings. The molecule has 0 aliphatic heterocycles. The van der Waals surface area contributed by atoms with Crippen LogP contribution in [0.4, 0.5) is 0 Å². The van der Waals surface area contributed by atoms with Gasteiger partial charge in [0.1, 0.15) is 5.38 Å². The van der Waals surface area contributed by atoms with Crippen molar-refractivity contribution in [1.82, 2.24) is 5.32 Å². The van der Waals surface area contributed by atoms with E-state index < -0.39 is 5.38 Å². The number of carbonyl (C=O) groups excluding carboxylic acids is 1. The molecule has 1 atom stereocenters. The Kier molecular flexibility index (Phi) is 4.28. The molecule has 1 aliphatic carbocycles. The zero-order valence-corrected chi connectivity index (χ0v) is 11.5. The average molecular weight is 266 g/mol. The predicted molar refractivity (Wildman–Crippen MR) is 74.7 cm³/mol. The molecule has 1 aromatic carbocycles. The van der Waals surface area contributed by atoms with E-state index in [9.17, 15) is 4.79 Å². The summed E-state index contributed by atoms with van der Waals surface area (Å²) in [6.07, 6.45) is 5.76. The van der Waals surface area contributed by atoms with Gasteiger partial charge in [-0.25, -0.2) is 0 Å². The van der Waals surface area contributed by atoms with E-state index >= 15 is 0 Å². The maximum absolute atomic E-state index is 12.2. The third kappa shape index (κ3) is 3.26. The van der Waals surface area contributed by atoms with E-state index in [0.717, 1.165) is 18.4 Å². The monoisotopic (exact) mass is 265 g/mol. The number of alkyl halides is 1. The van der Waals surface area contributed by atoms with Crippen molar-refractivity contribution >= 4 is 17.5 Å². The molecule has 98 valence electrons. The summed E-state index contributed by atoms with van der Waals surface area (Å²) in [5.74, 6) is -0.0766. The van der Waals surface area contributed by atoms with Gasteiger partial charge in [-0.05, 0) is 25.3 Å². The molecule has 1 N–H and O–H groups in total. The van der Waals surface area contributed by atoms with Gasteiger partial charge in [0.05, 0.1) is 0 Å². The summed E-state index contributed by atoms with van der Waals surface area (Å²) in [6.45, 7) is 2.12. The van der Waals surface area contributed by atoms with Crippen molar-refractivity contribution in [3.8, 4) is 0 Å². The highest BCUT2D eigenvalue weighted by atomic mass is 35.5. The molecule has 2 rings (SSSR count). The van der Waals surface area contributed by atoms with Gasteiger partial charge in [0.15, 0.2) is 0 Å². The third-order valence-corrected chi connectivity index (χ3v) is 4.15. The standard InChI is InChI=1S/C15H20ClNO/c1-15(10-6-3-7-11-15)17-14(18)13(16)12-8-4-2-5-9-12/h2,4-5,8-9,13H,3,6-7,10-11H2,1H3,(H,17,18). The van der Waals surface area contributed by atoms with E-state index in [0.29, 0.717) is 0 Å². The van der Waals surface area contributed by atoms with Gasteiger partial charge < -0.3 is 5.32 Å². The van der Waals surface area contributed by atoms with E-state index in [1.807, 2.05) is 30.3 Å². The summed E-state index contributed by atoms with van der Waals surface area (Å²) in [5, 5.41) is 2.53. The van der Waals surface area contributed by atoms with Crippen LogP contribution in [0.15, 0.2) is 30.3 Å². The molecule has 1 aromatic rings. The molecule has 1 aliphatic rings. The van der Waals surface area contributed by atoms with Gasteiger partial charge in [0, 0.05) is 5.54 Å². The second kappa shape index (κ2) is 5.75. The maximum atomic E-state index is 12.2. The van der Waals surface area contributed by atoms with Gasteiger partial charge in [-0.1, -0.05) is 49.6 Å². The number of halogens is 1. The number of rotatable bonds is 3. The highest BCUT2D eigenvalue weighted by molar-refractivity contribution is 6.30. The third-order valence-electron chi connectivity index (χ3n) is 3.70. The van der Waals surface area contributed by atoms with Crippen molar-refractivity contribution < 1.29 is 4.79 Å². The topological polar surface area (TPSA) is 29.1 Å². The summed E-state index contributed by atoms with van der Waals surface area (Å²) in [6, 6.07) is 9.51. The zero-order chi connectivity index (χ0) is 13.0. The smallest absolute Gasteiger partial charge is 0.243 e. The first-order chi connectivity index (χ1) is 8.61. The van der Waals surface area contributed by atoms with Crippen LogP contribution in [-0.4, -0.2) is 11.4 Å². The fourth-order valence-corrected chi connectivity index (χ4v) is 2.79. The second-order valence-electron chi connectivity index (χ2n) is 5.38. The summed E-state index contributed by atoms with van der Waals surface area (Å²) in [4.78, 5) is 12.2. The molecule has 1 saturated carbocycles. The van der Waals surface area contributed by atoms with Crippen LogP contribution in [-0.2, 0) is 4.79 Å². The molecule has 0 saturated heterocycles. The first-order valence-electron chi connectivity index (χ1n) is 6.62. The molecule has 0 bridgehead atoms. The lowest BCUT2D eigenvalue weighted by Crippen LogP contribution is -2.48. The SMILES string of the molecule is CC1(NC(=O)C(Cl)c2ccccc2)CCCCC1. The minimum atomic E-state index is -0.593. The van der Waals surface area contributed by atoms with Gasteiger partial charge >= 0.3 is 0 Å². The van der Waals surface area contributed by atoms with Crippen LogP contribution in [0, 0.1) is 0 Å². The molecular weight excluding hydrogens is 246 g/mol. The van der Waals surface area contributed by atoms with E-state index in [4.69, 9.17) is 11.6 Å². The Morgan fingerprint density at radius 1 is 1.22 bits per heavy atom. The van der Waals surface area contributed by atoms with Crippen LogP contribution in [0.3, 0.4) is 0 Å². The van der Waals surface area contributed by atoms with Gasteiger partial charge in [-0.3, -0.25) is 4.79 Å². The number of hydrogen-bond donors (Lipinski definition) is 1. The van der Waals surface area contributed by atoms with Gasteiger partial charge in [0.2, 0.25) is 5.91 Å². The normalized spacial score (nSPS) is 20.1. The van der Waals surface area contributed by atoms with Crippen molar-refractivity contribution in [3.63, 3.8) is 0 Å². The Labute approximate surface area is 114 Å². The molecule has 18 heavy (non-hydrogen) atoms. The lowest BCUT2D eigenvalue weighted by Gasteiger charge is -2.35. The van der Waals surface area contributed by atoms with Gasteiger partial charge in [-0.2, -0.15) is 0 Å². The Balaban J connectivity index is 1.99. The number of carbonyl (C=O) groups is 1. The molecule has 0 radical (unpaired) electrons. The van der Waals surface area contributed by atoms with E-state index in [1.165, 1.54) is 19.3 Å². The van der Waals surface area contributed by atoms with Crippen molar-refractivity contribution in [2.45, 2.75) is 49.9 Å². The zero-order valence-electron chi connectivity index (χ0n) is 10.8. The molecule has 0 aromatic heterocycles. The lowest BCUT2D eigenvalue weighted by molar-refractivity contribution is -0.123. The van der Waals surface area contributed by atoms with Crippen molar-refractivity contribution in [2.75, 3.05) is 0 Å². The minimum absolute atomic E-state index is 0.0722. The highest BCUT2D eigenvalue weighted by Crippen LogP contribution is 2.29. The molecule has 3 heteroatoms. The summed E-state index contributed by atoms with van der Waals surface area (Å²) in [7, 11) is 0. The maximum Gasteiger partial charge on any atom is 0.243 e. The van der Waals surface area contributed by atoms with Crippen LogP contribution in [0.1, 0.15) is 50.0 Å². The first-order valence-corrected chi connectivity index (χ1v) is 7.05. The molecule has 0 heterocycles. The molecule has 1 amide bonds. The summed E-state index contributed by atoms with van der Waals surface area (Å²) < 4.78 is 0. The molecule has 2 nitrogen and oxygen atoms in total. The summed E-state index contributed by atoms with van der Waals surface area (Å²) in [5.41, 5.74) is 0.785. The van der Waals surface area contributed by atoms with Crippen LogP contribution >= 0.6 is 11.6 Å². The molecule has 1 unspecified atom stereocenters. The molecule has 0 spiro atoms. The van der Waals surface area contributed by atoms with Gasteiger partial charge in [0.25, 0.3) is 0 Å². The van der Waals surface area contributed by atoms with Crippen LogP contribution in [0.25, 0.3) is 0 Å². The van der Waals surface area contributed by atoms with E-state index in [1.54, 1.807) is 0 Å². The molecular formula is C15H20ClNO. The number of nitrogens with one attached hydrogen (secondary N) is 1. The fourth-order valence-electron chi connectivity index (χ4n) is 2.59. The van der Waals surface area contributed by atoms with E-state index in [2.05, 4.69) is 12.2 Å². The lowest BCUT2D eigenvalue weighted by atomic mass is 9.83. The number of amides is 1. The predicted octanol–water partition coefficient (Wildman–Crippen LogP) is 3.81. The first kappa shape index (κ1) is 13.4. The number of hydrogen-bond acceptors (Lipinski definition) is 1. The van der Waals surface area contributed by atoms with E-state index in [-0.39, 0.29) is 11.4 Å². The number of benzene rings is 1. The van der Waals surface area contributed by atoms with Gasteiger partial charge in [-0.15, -0.1) is 11.6 Å². The fraction of sp³-hybridized carbons (Fsp3) is 0.533. The summed E-state index contributed by atoms with van der Waals surface area (Å²) >= 11 is 6.23. The van der Waals surface area contributed by atoms with Crippen molar-refractivity contribution in [2.24, 2.45) is 0 Å².